The smallest absolute Gasteiger partial charge is 0.129 e. The van der Waals surface area contributed by atoms with Crippen LogP contribution in [0.5, 0.6) is 0 Å². The molecule has 1 aromatic heterocycles. The van der Waals surface area contributed by atoms with Crippen LogP contribution in [0.2, 0.25) is 0 Å². The Bertz CT molecular complexity index is 437. The minimum absolute atomic E-state index is 0.752. The van der Waals surface area contributed by atoms with Crippen molar-refractivity contribution >= 4 is 21.7 Å². The van der Waals surface area contributed by atoms with Gasteiger partial charge in [0.1, 0.15) is 5.82 Å². The van der Waals surface area contributed by atoms with E-state index in [1.54, 1.807) is 0 Å². The van der Waals surface area contributed by atoms with Crippen molar-refractivity contribution in [2.45, 2.75) is 12.8 Å². The van der Waals surface area contributed by atoms with Gasteiger partial charge in [-0.15, -0.1) is 0 Å². The molecular formula is C15H22BrN3O. The molecule has 0 spiro atoms. The topological polar surface area (TPSA) is 28.6 Å². The van der Waals surface area contributed by atoms with Crippen molar-refractivity contribution in [1.82, 2.24) is 9.88 Å². The highest BCUT2D eigenvalue weighted by Crippen LogP contribution is 2.24. The van der Waals surface area contributed by atoms with E-state index in [1.807, 2.05) is 12.3 Å². The molecule has 2 aliphatic rings. The Morgan fingerprint density at radius 1 is 1.30 bits per heavy atom. The summed E-state index contributed by atoms with van der Waals surface area (Å²) >= 11 is 3.53. The van der Waals surface area contributed by atoms with Crippen molar-refractivity contribution in [3.05, 3.63) is 22.8 Å². The van der Waals surface area contributed by atoms with Crippen molar-refractivity contribution in [2.24, 2.45) is 5.92 Å². The third-order valence-electron chi connectivity index (χ3n) is 4.17. The molecule has 0 saturated carbocycles. The van der Waals surface area contributed by atoms with Crippen molar-refractivity contribution in [1.29, 1.82) is 0 Å². The summed E-state index contributed by atoms with van der Waals surface area (Å²) in [5.74, 6) is 1.86. The zero-order valence-corrected chi connectivity index (χ0v) is 13.4. The van der Waals surface area contributed by atoms with Gasteiger partial charge in [0.05, 0.1) is 13.2 Å². The third kappa shape index (κ3) is 3.71. The number of hydrogen-bond donors (Lipinski definition) is 0. The van der Waals surface area contributed by atoms with Gasteiger partial charge in [0.2, 0.25) is 0 Å². The molecule has 0 N–H and O–H groups in total. The van der Waals surface area contributed by atoms with Crippen LogP contribution in [-0.2, 0) is 4.74 Å². The summed E-state index contributed by atoms with van der Waals surface area (Å²) in [6, 6.07) is 4.11. The zero-order valence-electron chi connectivity index (χ0n) is 11.8. The predicted molar refractivity (Wildman–Crippen MR) is 84.1 cm³/mol. The van der Waals surface area contributed by atoms with E-state index in [0.29, 0.717) is 0 Å². The first-order chi connectivity index (χ1) is 9.81. The monoisotopic (exact) mass is 339 g/mol. The highest BCUT2D eigenvalue weighted by molar-refractivity contribution is 9.10. The fraction of sp³-hybridized carbons (Fsp3) is 0.667. The first-order valence-corrected chi connectivity index (χ1v) is 8.27. The molecule has 0 amide bonds. The van der Waals surface area contributed by atoms with Crippen molar-refractivity contribution < 1.29 is 4.74 Å². The first-order valence-electron chi connectivity index (χ1n) is 7.48. The number of nitrogens with zero attached hydrogens (tertiary/aromatic N) is 3. The Labute approximate surface area is 129 Å². The van der Waals surface area contributed by atoms with Crippen molar-refractivity contribution in [3.8, 4) is 0 Å². The second kappa shape index (κ2) is 6.87. The average Bonchev–Trinajstić information content (AvgIpc) is 2.49. The number of hydrogen-bond acceptors (Lipinski definition) is 4. The van der Waals surface area contributed by atoms with E-state index in [2.05, 4.69) is 36.8 Å². The van der Waals surface area contributed by atoms with Gasteiger partial charge < -0.3 is 9.64 Å². The Morgan fingerprint density at radius 3 is 2.95 bits per heavy atom. The molecule has 3 rings (SSSR count). The van der Waals surface area contributed by atoms with E-state index in [9.17, 15) is 0 Å². The number of halogens is 1. The maximum Gasteiger partial charge on any atom is 0.129 e. The van der Waals surface area contributed by atoms with E-state index < -0.39 is 0 Å². The molecule has 0 aromatic carbocycles. The summed E-state index contributed by atoms with van der Waals surface area (Å²) < 4.78 is 6.53. The molecule has 0 radical (unpaired) electrons. The van der Waals surface area contributed by atoms with E-state index in [4.69, 9.17) is 4.74 Å². The summed E-state index contributed by atoms with van der Waals surface area (Å²) in [7, 11) is 0. The SMILES string of the molecule is Brc1ccnc(N2CCC[C@@H](CN3CCOCC3)C2)c1. The molecule has 5 heteroatoms. The number of aromatic nitrogens is 1. The lowest BCUT2D eigenvalue weighted by atomic mass is 9.97. The van der Waals surface area contributed by atoms with E-state index in [-0.39, 0.29) is 0 Å². The number of rotatable bonds is 3. The van der Waals surface area contributed by atoms with Gasteiger partial charge in [-0.05, 0) is 30.9 Å². The fourth-order valence-corrected chi connectivity index (χ4v) is 3.46. The van der Waals surface area contributed by atoms with Gasteiger partial charge in [-0.2, -0.15) is 0 Å². The second-order valence-corrected chi connectivity index (χ2v) is 6.62. The summed E-state index contributed by atoms with van der Waals surface area (Å²) in [4.78, 5) is 9.48. The molecule has 0 unspecified atom stereocenters. The molecule has 110 valence electrons. The van der Waals surface area contributed by atoms with Crippen molar-refractivity contribution in [3.63, 3.8) is 0 Å². The maximum absolute atomic E-state index is 5.43. The van der Waals surface area contributed by atoms with E-state index in [0.717, 1.165) is 55.6 Å². The molecule has 2 saturated heterocycles. The minimum Gasteiger partial charge on any atom is -0.379 e. The fourth-order valence-electron chi connectivity index (χ4n) is 3.14. The Balaban J connectivity index is 1.58. The van der Waals surface area contributed by atoms with Gasteiger partial charge in [0, 0.05) is 43.4 Å². The highest BCUT2D eigenvalue weighted by Gasteiger charge is 2.23. The summed E-state index contributed by atoms with van der Waals surface area (Å²) in [6.07, 6.45) is 4.48. The summed E-state index contributed by atoms with van der Waals surface area (Å²) in [6.45, 7) is 7.42. The minimum atomic E-state index is 0.752. The Hall–Kier alpha value is -0.650. The molecule has 0 bridgehead atoms. The maximum atomic E-state index is 5.43. The van der Waals surface area contributed by atoms with Gasteiger partial charge in [-0.25, -0.2) is 4.98 Å². The first kappa shape index (κ1) is 14.3. The predicted octanol–water partition coefficient (Wildman–Crippen LogP) is 2.39. The normalized spacial score (nSPS) is 24.9. The largest absolute Gasteiger partial charge is 0.379 e. The molecule has 1 atom stereocenters. The van der Waals surface area contributed by atoms with Crippen LogP contribution in [0.4, 0.5) is 5.82 Å². The Morgan fingerprint density at radius 2 is 2.15 bits per heavy atom. The van der Waals surface area contributed by atoms with Crippen molar-refractivity contribution in [2.75, 3.05) is 50.8 Å². The zero-order chi connectivity index (χ0) is 13.8. The molecule has 4 nitrogen and oxygen atoms in total. The summed E-state index contributed by atoms with van der Waals surface area (Å²) in [5, 5.41) is 0. The quantitative estimate of drug-likeness (QED) is 0.845. The lowest BCUT2D eigenvalue weighted by molar-refractivity contribution is 0.0296. The number of ether oxygens (including phenoxy) is 1. The van der Waals surface area contributed by atoms with Gasteiger partial charge in [-0.1, -0.05) is 15.9 Å². The number of morpholine rings is 1. The Kier molecular flexibility index (Phi) is 4.91. The second-order valence-electron chi connectivity index (χ2n) is 5.70. The highest BCUT2D eigenvalue weighted by atomic mass is 79.9. The number of piperidine rings is 1. The number of anilines is 1. The third-order valence-corrected chi connectivity index (χ3v) is 4.66. The molecule has 2 aliphatic heterocycles. The molecule has 3 heterocycles. The molecule has 2 fully saturated rings. The molecule has 20 heavy (non-hydrogen) atoms. The molecular weight excluding hydrogens is 318 g/mol. The van der Waals surface area contributed by atoms with Crippen LogP contribution < -0.4 is 4.90 Å². The van der Waals surface area contributed by atoms with Gasteiger partial charge >= 0.3 is 0 Å². The van der Waals surface area contributed by atoms with Gasteiger partial charge in [0.15, 0.2) is 0 Å². The lowest BCUT2D eigenvalue weighted by Crippen LogP contribution is -2.44. The summed E-state index contributed by atoms with van der Waals surface area (Å²) in [5.41, 5.74) is 0. The van der Waals surface area contributed by atoms with Gasteiger partial charge in [0.25, 0.3) is 0 Å². The van der Waals surface area contributed by atoms with E-state index >= 15 is 0 Å². The number of pyridine rings is 1. The van der Waals surface area contributed by atoms with Crippen LogP contribution in [0.3, 0.4) is 0 Å². The van der Waals surface area contributed by atoms with E-state index in [1.165, 1.54) is 19.4 Å². The van der Waals surface area contributed by atoms with Gasteiger partial charge in [-0.3, -0.25) is 4.90 Å². The van der Waals surface area contributed by atoms with Crippen LogP contribution in [0.1, 0.15) is 12.8 Å². The average molecular weight is 340 g/mol. The van der Waals surface area contributed by atoms with Crippen LogP contribution >= 0.6 is 15.9 Å². The van der Waals surface area contributed by atoms with Crippen LogP contribution in [0.25, 0.3) is 0 Å². The molecule has 0 aliphatic carbocycles. The van der Waals surface area contributed by atoms with Crippen LogP contribution in [0.15, 0.2) is 22.8 Å². The lowest BCUT2D eigenvalue weighted by Gasteiger charge is -2.37. The van der Waals surface area contributed by atoms with Crippen LogP contribution in [0, 0.1) is 5.92 Å². The molecule has 1 aromatic rings. The van der Waals surface area contributed by atoms with Crippen LogP contribution in [-0.4, -0.2) is 55.8 Å². The standard InChI is InChI=1S/C15H22BrN3O/c16-14-3-4-17-15(10-14)19-5-1-2-13(12-19)11-18-6-8-20-9-7-18/h3-4,10,13H,1-2,5-9,11-12H2/t13-/m0/s1.